The Kier molecular flexibility index (Phi) is 9.26. The fraction of sp³-hybridized carbons (Fsp3) is 0. The number of hydrogen-bond donors (Lipinski definition) is 0. The van der Waals surface area contributed by atoms with Crippen LogP contribution < -0.4 is 4.90 Å². The molecule has 0 amide bonds. The van der Waals surface area contributed by atoms with Crippen molar-refractivity contribution in [3.05, 3.63) is 249 Å². The highest BCUT2D eigenvalue weighted by molar-refractivity contribution is 6.13. The summed E-state index contributed by atoms with van der Waals surface area (Å²) in [5.74, 6) is 0. The minimum absolute atomic E-state index is 1.09. The number of anilines is 3. The first-order valence-electron chi connectivity index (χ1n) is 21.0. The predicted molar refractivity (Wildman–Crippen MR) is 261 cm³/mol. The van der Waals surface area contributed by atoms with E-state index in [1.165, 1.54) is 88.0 Å². The standard InChI is InChI=1S/C60H41N/c1-2-14-44(15-3-1)54-22-8-9-23-56(54)48-19-12-20-52(40-48)61(51-38-34-47(35-39-51)60-41-49-17-5-7-24-57(49)58-25-10-11-26-59(58)60)50-36-32-43(33-37-50)42-28-30-46(31-29-42)55-27-13-18-45-16-4-6-21-53(45)55/h1-41H. The van der Waals surface area contributed by atoms with Gasteiger partial charge in [-0.05, 0) is 130 Å². The van der Waals surface area contributed by atoms with Crippen LogP contribution in [0, 0.1) is 0 Å². The molecule has 0 N–H and O–H groups in total. The van der Waals surface area contributed by atoms with Crippen LogP contribution in [0.15, 0.2) is 249 Å². The van der Waals surface area contributed by atoms with Gasteiger partial charge >= 0.3 is 0 Å². The van der Waals surface area contributed by atoms with Crippen LogP contribution in [0.2, 0.25) is 0 Å². The molecule has 0 aliphatic rings. The third kappa shape index (κ3) is 6.83. The van der Waals surface area contributed by atoms with Gasteiger partial charge in [-0.2, -0.15) is 0 Å². The maximum atomic E-state index is 2.38. The van der Waals surface area contributed by atoms with Crippen molar-refractivity contribution in [2.24, 2.45) is 0 Å². The molecule has 0 saturated carbocycles. The van der Waals surface area contributed by atoms with E-state index in [2.05, 4.69) is 254 Å². The fourth-order valence-corrected chi connectivity index (χ4v) is 9.07. The molecule has 0 spiro atoms. The van der Waals surface area contributed by atoms with Gasteiger partial charge in [-0.15, -0.1) is 0 Å². The SMILES string of the molecule is c1ccc(-c2ccccc2-c2cccc(N(c3ccc(-c4ccc(-c5cccc6ccccc56)cc4)cc3)c3ccc(-c4cc5ccccc5c5ccccc45)cc3)c2)cc1. The Hall–Kier alpha value is -8.00. The highest BCUT2D eigenvalue weighted by Gasteiger charge is 2.17. The molecule has 11 aromatic carbocycles. The molecule has 1 heteroatoms. The topological polar surface area (TPSA) is 3.24 Å². The Labute approximate surface area is 357 Å². The lowest BCUT2D eigenvalue weighted by Crippen LogP contribution is -2.10. The molecule has 1 nitrogen and oxygen atoms in total. The van der Waals surface area contributed by atoms with Crippen molar-refractivity contribution in [2.45, 2.75) is 0 Å². The van der Waals surface area contributed by atoms with Crippen molar-refractivity contribution in [1.29, 1.82) is 0 Å². The zero-order valence-electron chi connectivity index (χ0n) is 33.6. The molecule has 0 unspecified atom stereocenters. The van der Waals surface area contributed by atoms with E-state index in [-0.39, 0.29) is 0 Å². The van der Waals surface area contributed by atoms with Crippen molar-refractivity contribution in [1.82, 2.24) is 0 Å². The van der Waals surface area contributed by atoms with Crippen LogP contribution in [0.5, 0.6) is 0 Å². The zero-order valence-corrected chi connectivity index (χ0v) is 33.6. The van der Waals surface area contributed by atoms with Gasteiger partial charge in [0.05, 0.1) is 0 Å². The number of fused-ring (bicyclic) bond motifs is 4. The second-order valence-electron chi connectivity index (χ2n) is 15.7. The second-order valence-corrected chi connectivity index (χ2v) is 15.7. The van der Waals surface area contributed by atoms with Crippen LogP contribution in [-0.4, -0.2) is 0 Å². The van der Waals surface area contributed by atoms with Crippen LogP contribution in [0.1, 0.15) is 0 Å². The smallest absolute Gasteiger partial charge is 0.0467 e. The summed E-state index contributed by atoms with van der Waals surface area (Å²) >= 11 is 0. The summed E-state index contributed by atoms with van der Waals surface area (Å²) in [4.78, 5) is 2.38. The van der Waals surface area contributed by atoms with Gasteiger partial charge in [-0.1, -0.05) is 206 Å². The first-order chi connectivity index (χ1) is 30.2. The van der Waals surface area contributed by atoms with Crippen LogP contribution in [0.3, 0.4) is 0 Å². The fourth-order valence-electron chi connectivity index (χ4n) is 9.07. The molecule has 0 aliphatic heterocycles. The molecule has 0 atom stereocenters. The Balaban J connectivity index is 0.988. The maximum absolute atomic E-state index is 2.38. The van der Waals surface area contributed by atoms with Crippen LogP contribution in [0.4, 0.5) is 17.1 Å². The van der Waals surface area contributed by atoms with E-state index in [4.69, 9.17) is 0 Å². The highest BCUT2D eigenvalue weighted by atomic mass is 15.1. The molecule has 0 radical (unpaired) electrons. The second kappa shape index (κ2) is 15.6. The zero-order chi connectivity index (χ0) is 40.5. The average molecular weight is 776 g/mol. The van der Waals surface area contributed by atoms with Gasteiger partial charge in [0.2, 0.25) is 0 Å². The van der Waals surface area contributed by atoms with Gasteiger partial charge < -0.3 is 4.90 Å². The monoisotopic (exact) mass is 775 g/mol. The van der Waals surface area contributed by atoms with Gasteiger partial charge in [0.1, 0.15) is 0 Å². The molecule has 0 aromatic heterocycles. The highest BCUT2D eigenvalue weighted by Crippen LogP contribution is 2.42. The van der Waals surface area contributed by atoms with Crippen molar-refractivity contribution in [3.63, 3.8) is 0 Å². The summed E-state index contributed by atoms with van der Waals surface area (Å²) in [6.45, 7) is 0. The summed E-state index contributed by atoms with van der Waals surface area (Å²) in [6, 6.07) is 90.3. The van der Waals surface area contributed by atoms with Crippen molar-refractivity contribution in [2.75, 3.05) is 4.90 Å². The minimum atomic E-state index is 1.09. The first-order valence-corrected chi connectivity index (χ1v) is 21.0. The summed E-state index contributed by atoms with van der Waals surface area (Å²) in [5, 5.41) is 7.59. The first kappa shape index (κ1) is 36.1. The number of nitrogens with zero attached hydrogens (tertiary/aromatic N) is 1. The van der Waals surface area contributed by atoms with E-state index in [0.717, 1.165) is 17.1 Å². The molecular weight excluding hydrogens is 735 g/mol. The number of rotatable bonds is 8. The van der Waals surface area contributed by atoms with Crippen LogP contribution >= 0.6 is 0 Å². The lowest BCUT2D eigenvalue weighted by atomic mass is 9.93. The molecule has 0 heterocycles. The van der Waals surface area contributed by atoms with Crippen molar-refractivity contribution < 1.29 is 0 Å². The van der Waals surface area contributed by atoms with Crippen molar-refractivity contribution >= 4 is 49.4 Å². The lowest BCUT2D eigenvalue weighted by Gasteiger charge is -2.27. The Bertz CT molecular complexity index is 3320. The summed E-state index contributed by atoms with van der Waals surface area (Å²) in [6.07, 6.45) is 0. The molecule has 286 valence electrons. The molecule has 11 rings (SSSR count). The Morgan fingerprint density at radius 2 is 0.639 bits per heavy atom. The number of hydrogen-bond acceptors (Lipinski definition) is 1. The molecule has 0 aliphatic carbocycles. The van der Waals surface area contributed by atoms with Gasteiger partial charge in [-0.25, -0.2) is 0 Å². The summed E-state index contributed by atoms with van der Waals surface area (Å²) in [7, 11) is 0. The third-order valence-electron chi connectivity index (χ3n) is 12.1. The van der Waals surface area contributed by atoms with Crippen molar-refractivity contribution in [3.8, 4) is 55.6 Å². The van der Waals surface area contributed by atoms with E-state index in [0.29, 0.717) is 0 Å². The lowest BCUT2D eigenvalue weighted by molar-refractivity contribution is 1.28. The summed E-state index contributed by atoms with van der Waals surface area (Å²) in [5.41, 5.74) is 15.3. The quantitative estimate of drug-likeness (QED) is 0.139. The maximum Gasteiger partial charge on any atom is 0.0467 e. The predicted octanol–water partition coefficient (Wildman–Crippen LogP) is 17.0. The van der Waals surface area contributed by atoms with Gasteiger partial charge in [0.15, 0.2) is 0 Å². The third-order valence-corrected chi connectivity index (χ3v) is 12.1. The molecule has 0 fully saturated rings. The summed E-state index contributed by atoms with van der Waals surface area (Å²) < 4.78 is 0. The number of benzene rings is 11. The van der Waals surface area contributed by atoms with E-state index in [9.17, 15) is 0 Å². The largest absolute Gasteiger partial charge is 0.310 e. The Morgan fingerprint density at radius 3 is 1.36 bits per heavy atom. The molecular formula is C60H41N. The van der Waals surface area contributed by atoms with E-state index in [1.807, 2.05) is 0 Å². The van der Waals surface area contributed by atoms with E-state index >= 15 is 0 Å². The normalized spacial score (nSPS) is 11.3. The van der Waals surface area contributed by atoms with Gasteiger partial charge in [0.25, 0.3) is 0 Å². The molecule has 11 aromatic rings. The Morgan fingerprint density at radius 1 is 0.197 bits per heavy atom. The van der Waals surface area contributed by atoms with Gasteiger partial charge in [-0.3, -0.25) is 0 Å². The van der Waals surface area contributed by atoms with Gasteiger partial charge in [0, 0.05) is 17.1 Å². The van der Waals surface area contributed by atoms with E-state index in [1.54, 1.807) is 0 Å². The minimum Gasteiger partial charge on any atom is -0.310 e. The average Bonchev–Trinajstić information content (AvgIpc) is 3.34. The van der Waals surface area contributed by atoms with Crippen LogP contribution in [-0.2, 0) is 0 Å². The van der Waals surface area contributed by atoms with E-state index < -0.39 is 0 Å². The molecule has 0 bridgehead atoms. The molecule has 0 saturated heterocycles. The van der Waals surface area contributed by atoms with Crippen LogP contribution in [0.25, 0.3) is 88.0 Å². The molecule has 61 heavy (non-hydrogen) atoms.